The molecular formula is C18H13FN2O3S. The molecule has 0 unspecified atom stereocenters. The molecule has 2 aliphatic rings. The number of carbonyl (C=O) groups is 1. The number of ether oxygens (including phenoxy) is 2. The van der Waals surface area contributed by atoms with Gasteiger partial charge in [-0.3, -0.25) is 4.79 Å². The highest BCUT2D eigenvalue weighted by Gasteiger charge is 2.24. The summed E-state index contributed by atoms with van der Waals surface area (Å²) in [5.74, 6) is 0.830. The van der Waals surface area contributed by atoms with Crippen molar-refractivity contribution in [1.29, 1.82) is 0 Å². The molecule has 0 spiro atoms. The lowest BCUT2D eigenvalue weighted by Crippen LogP contribution is -2.19. The number of aryl methyl sites for hydroxylation is 1. The lowest BCUT2D eigenvalue weighted by atomic mass is 10.1. The molecule has 5 nitrogen and oxygen atoms in total. The van der Waals surface area contributed by atoms with Gasteiger partial charge in [0.1, 0.15) is 5.82 Å². The van der Waals surface area contributed by atoms with Crippen LogP contribution in [-0.4, -0.2) is 17.9 Å². The molecule has 0 radical (unpaired) electrons. The molecule has 2 aliphatic heterocycles. The monoisotopic (exact) mass is 356 g/mol. The van der Waals surface area contributed by atoms with E-state index in [1.165, 1.54) is 23.9 Å². The van der Waals surface area contributed by atoms with Gasteiger partial charge in [-0.2, -0.15) is 0 Å². The minimum atomic E-state index is -0.328. The van der Waals surface area contributed by atoms with Crippen LogP contribution >= 0.6 is 11.8 Å². The average Bonchev–Trinajstić information content (AvgIpc) is 3.16. The van der Waals surface area contributed by atoms with Gasteiger partial charge in [0, 0.05) is 0 Å². The summed E-state index contributed by atoms with van der Waals surface area (Å²) in [6.07, 6.45) is 1.80. The molecule has 126 valence electrons. The number of halogens is 1. The highest BCUT2D eigenvalue weighted by molar-refractivity contribution is 8.18. The summed E-state index contributed by atoms with van der Waals surface area (Å²) >= 11 is 1.24. The van der Waals surface area contributed by atoms with Crippen LogP contribution in [0, 0.1) is 12.7 Å². The number of rotatable bonds is 2. The Hall–Kier alpha value is -2.80. The average molecular weight is 356 g/mol. The number of aliphatic imine (C=N–C) groups is 1. The first-order valence-corrected chi connectivity index (χ1v) is 8.35. The molecule has 1 amide bonds. The predicted octanol–water partition coefficient (Wildman–Crippen LogP) is 3.75. The molecular weight excluding hydrogens is 343 g/mol. The van der Waals surface area contributed by atoms with Crippen molar-refractivity contribution in [3.8, 4) is 11.5 Å². The third-order valence-corrected chi connectivity index (χ3v) is 4.67. The van der Waals surface area contributed by atoms with E-state index >= 15 is 0 Å². The summed E-state index contributed by atoms with van der Waals surface area (Å²) in [4.78, 5) is 17.0. The lowest BCUT2D eigenvalue weighted by molar-refractivity contribution is -0.115. The molecule has 25 heavy (non-hydrogen) atoms. The number of fused-ring (bicyclic) bond motifs is 1. The van der Waals surface area contributed by atoms with Crippen molar-refractivity contribution < 1.29 is 18.7 Å². The van der Waals surface area contributed by atoms with Crippen molar-refractivity contribution in [1.82, 2.24) is 5.32 Å². The Morgan fingerprint density at radius 2 is 1.92 bits per heavy atom. The zero-order valence-corrected chi connectivity index (χ0v) is 14.0. The first kappa shape index (κ1) is 15.7. The minimum Gasteiger partial charge on any atom is -0.454 e. The normalized spacial score (nSPS) is 18.9. The number of amides is 1. The van der Waals surface area contributed by atoms with E-state index in [2.05, 4.69) is 10.3 Å². The van der Waals surface area contributed by atoms with E-state index in [0.29, 0.717) is 27.3 Å². The second-order valence-corrected chi connectivity index (χ2v) is 6.55. The molecule has 2 heterocycles. The summed E-state index contributed by atoms with van der Waals surface area (Å²) in [7, 11) is 0. The van der Waals surface area contributed by atoms with Gasteiger partial charge in [-0.15, -0.1) is 0 Å². The van der Waals surface area contributed by atoms with Gasteiger partial charge in [0.15, 0.2) is 16.7 Å². The number of nitrogens with zero attached hydrogens (tertiary/aromatic N) is 1. The van der Waals surface area contributed by atoms with Gasteiger partial charge in [0.2, 0.25) is 6.79 Å². The molecule has 4 rings (SSSR count). The van der Waals surface area contributed by atoms with Crippen LogP contribution in [0.3, 0.4) is 0 Å². The maximum Gasteiger partial charge on any atom is 0.264 e. The van der Waals surface area contributed by atoms with Gasteiger partial charge in [-0.25, -0.2) is 9.38 Å². The summed E-state index contributed by atoms with van der Waals surface area (Å²) in [5.41, 5.74) is 2.43. The number of carbonyl (C=O) groups excluding carboxylic acids is 1. The summed E-state index contributed by atoms with van der Waals surface area (Å²) < 4.78 is 23.7. The number of benzene rings is 2. The Kier molecular flexibility index (Phi) is 3.93. The van der Waals surface area contributed by atoms with Gasteiger partial charge in [0.25, 0.3) is 5.91 Å². The fourth-order valence-electron chi connectivity index (χ4n) is 2.47. The Morgan fingerprint density at radius 1 is 1.20 bits per heavy atom. The van der Waals surface area contributed by atoms with E-state index < -0.39 is 0 Å². The van der Waals surface area contributed by atoms with Crippen LogP contribution in [0.2, 0.25) is 0 Å². The molecule has 1 fully saturated rings. The van der Waals surface area contributed by atoms with Gasteiger partial charge in [0.05, 0.1) is 10.6 Å². The van der Waals surface area contributed by atoms with Gasteiger partial charge in [-0.1, -0.05) is 0 Å². The van der Waals surface area contributed by atoms with Crippen molar-refractivity contribution in [2.24, 2.45) is 4.99 Å². The molecule has 2 aromatic carbocycles. The molecule has 2 aromatic rings. The number of thioether (sulfide) groups is 1. The zero-order valence-electron chi connectivity index (χ0n) is 13.2. The molecule has 0 aliphatic carbocycles. The van der Waals surface area contributed by atoms with Gasteiger partial charge >= 0.3 is 0 Å². The van der Waals surface area contributed by atoms with E-state index in [9.17, 15) is 9.18 Å². The second-order valence-electron chi connectivity index (χ2n) is 5.52. The molecule has 0 bridgehead atoms. The van der Waals surface area contributed by atoms with E-state index in [1.807, 2.05) is 19.1 Å². The molecule has 1 N–H and O–H groups in total. The first-order chi connectivity index (χ1) is 12.1. The van der Waals surface area contributed by atoms with Crippen LogP contribution in [0.25, 0.3) is 6.08 Å². The third-order valence-electron chi connectivity index (χ3n) is 3.76. The molecule has 0 atom stereocenters. The highest BCUT2D eigenvalue weighted by atomic mass is 32.2. The maximum absolute atomic E-state index is 12.9. The summed E-state index contributed by atoms with van der Waals surface area (Å²) in [5, 5.41) is 3.17. The smallest absolute Gasteiger partial charge is 0.264 e. The van der Waals surface area contributed by atoms with E-state index in [4.69, 9.17) is 9.47 Å². The minimum absolute atomic E-state index is 0.207. The van der Waals surface area contributed by atoms with Crippen molar-refractivity contribution >= 4 is 34.6 Å². The third kappa shape index (κ3) is 3.23. The fourth-order valence-corrected chi connectivity index (χ4v) is 3.30. The first-order valence-electron chi connectivity index (χ1n) is 7.54. The molecule has 7 heteroatoms. The van der Waals surface area contributed by atoms with Crippen LogP contribution in [0.4, 0.5) is 10.1 Å². The predicted molar refractivity (Wildman–Crippen MR) is 94.5 cm³/mol. The molecule has 1 saturated heterocycles. The van der Waals surface area contributed by atoms with E-state index in [0.717, 1.165) is 11.1 Å². The summed E-state index contributed by atoms with van der Waals surface area (Å²) in [6, 6.07) is 9.51. The number of nitrogens with one attached hydrogen (secondary N) is 1. The Balaban J connectivity index is 1.60. The molecule has 0 saturated carbocycles. The van der Waals surface area contributed by atoms with Crippen LogP contribution < -0.4 is 14.8 Å². The van der Waals surface area contributed by atoms with E-state index in [1.54, 1.807) is 18.2 Å². The van der Waals surface area contributed by atoms with Gasteiger partial charge < -0.3 is 14.8 Å². The standard InChI is InChI=1S/C18H13FN2O3S/c1-10-6-14-15(24-9-23-14)7-11(10)8-16-17(22)21-18(25-16)20-13-4-2-12(19)3-5-13/h2-8H,9H2,1H3,(H,20,21,22)/b16-8-. The quantitative estimate of drug-likeness (QED) is 0.833. The SMILES string of the molecule is Cc1cc2c(cc1/C=C1\SC(=Nc3ccc(F)cc3)NC1=O)OCO2. The Labute approximate surface area is 147 Å². The second kappa shape index (κ2) is 6.25. The summed E-state index contributed by atoms with van der Waals surface area (Å²) in [6.45, 7) is 2.15. The number of hydrogen-bond donors (Lipinski definition) is 1. The fraction of sp³-hybridized carbons (Fsp3) is 0.111. The topological polar surface area (TPSA) is 59.9 Å². The largest absolute Gasteiger partial charge is 0.454 e. The molecule has 0 aromatic heterocycles. The maximum atomic E-state index is 12.9. The Bertz CT molecular complexity index is 923. The number of hydrogen-bond acceptors (Lipinski definition) is 5. The van der Waals surface area contributed by atoms with Crippen molar-refractivity contribution in [3.05, 3.63) is 58.2 Å². The van der Waals surface area contributed by atoms with E-state index in [-0.39, 0.29) is 18.5 Å². The van der Waals surface area contributed by atoms with Crippen molar-refractivity contribution in [2.45, 2.75) is 6.92 Å². The lowest BCUT2D eigenvalue weighted by Gasteiger charge is -2.03. The zero-order chi connectivity index (χ0) is 17.4. The Morgan fingerprint density at radius 3 is 2.68 bits per heavy atom. The van der Waals surface area contributed by atoms with Crippen LogP contribution in [0.1, 0.15) is 11.1 Å². The van der Waals surface area contributed by atoms with Crippen LogP contribution in [-0.2, 0) is 4.79 Å². The highest BCUT2D eigenvalue weighted by Crippen LogP contribution is 2.36. The van der Waals surface area contributed by atoms with Crippen LogP contribution in [0.15, 0.2) is 46.3 Å². The van der Waals surface area contributed by atoms with Crippen molar-refractivity contribution in [2.75, 3.05) is 6.79 Å². The van der Waals surface area contributed by atoms with Crippen LogP contribution in [0.5, 0.6) is 11.5 Å². The number of amidine groups is 1. The van der Waals surface area contributed by atoms with Gasteiger partial charge in [-0.05, 0) is 72.3 Å². The van der Waals surface area contributed by atoms with Crippen molar-refractivity contribution in [3.63, 3.8) is 0 Å².